The van der Waals surface area contributed by atoms with E-state index in [-0.39, 0.29) is 0 Å². The minimum atomic E-state index is 0.588. The number of aromatic nitrogens is 1. The highest BCUT2D eigenvalue weighted by atomic mass is 14.7. The summed E-state index contributed by atoms with van der Waals surface area (Å²) in [6.45, 7) is 10.8. The molecule has 0 atom stereocenters. The first-order valence-electron chi connectivity index (χ1n) is 15.7. The van der Waals surface area contributed by atoms with Crippen LogP contribution in [0.2, 0.25) is 0 Å². The zero-order valence-corrected chi connectivity index (χ0v) is 26.9. The zero-order valence-electron chi connectivity index (χ0n) is 26.9. The fourth-order valence-electron chi connectivity index (χ4n) is 5.50. The Morgan fingerprint density at radius 2 is 1.48 bits per heavy atom. The van der Waals surface area contributed by atoms with Gasteiger partial charge in [0.15, 0.2) is 0 Å². The molecule has 5 aromatic rings. The highest BCUT2D eigenvalue weighted by Crippen LogP contribution is 2.29. The molecule has 0 saturated heterocycles. The van der Waals surface area contributed by atoms with Crippen molar-refractivity contribution in [1.29, 1.82) is 0 Å². The zero-order chi connectivity index (χ0) is 32.1. The minimum absolute atomic E-state index is 0.588. The predicted octanol–water partition coefficient (Wildman–Crippen LogP) is 11.9. The molecule has 1 aromatic heterocycles. The lowest BCUT2D eigenvalue weighted by molar-refractivity contribution is 1.08. The molecule has 0 fully saturated rings. The van der Waals surface area contributed by atoms with Gasteiger partial charge < -0.3 is 0 Å². The normalized spacial score (nSPS) is 12.4. The molecule has 0 saturated carbocycles. The number of rotatable bonds is 11. The summed E-state index contributed by atoms with van der Waals surface area (Å²) in [6.07, 6.45) is 20.4. The maximum atomic E-state index is 4.93. The van der Waals surface area contributed by atoms with E-state index in [0.717, 1.165) is 39.0 Å². The van der Waals surface area contributed by atoms with Crippen LogP contribution in [0.25, 0.3) is 51.6 Å². The second kappa shape index (κ2) is 15.9. The highest BCUT2D eigenvalue weighted by Gasteiger charge is 2.07. The lowest BCUT2D eigenvalue weighted by Crippen LogP contribution is -1.92. The van der Waals surface area contributed by atoms with E-state index in [0.29, 0.717) is 6.54 Å². The van der Waals surface area contributed by atoms with Crippen LogP contribution in [0.15, 0.2) is 151 Å². The van der Waals surface area contributed by atoms with Crippen LogP contribution in [0.4, 0.5) is 0 Å². The van der Waals surface area contributed by atoms with Crippen molar-refractivity contribution >= 4 is 35.6 Å². The third-order valence-corrected chi connectivity index (χ3v) is 7.88. The van der Waals surface area contributed by atoms with Crippen molar-refractivity contribution in [3.8, 4) is 22.3 Å². The van der Waals surface area contributed by atoms with E-state index in [9.17, 15) is 0 Å². The number of pyridine rings is 1. The molecular formula is C44H40N2. The first-order valence-corrected chi connectivity index (χ1v) is 15.7. The Balaban J connectivity index is 1.44. The van der Waals surface area contributed by atoms with Crippen LogP contribution in [-0.4, -0.2) is 11.2 Å². The molecule has 0 aliphatic heterocycles. The fraction of sp³-hybridized carbons (Fsp3) is 0.0909. The molecule has 0 unspecified atom stereocenters. The lowest BCUT2D eigenvalue weighted by atomic mass is 9.94. The molecule has 2 heteroatoms. The summed E-state index contributed by atoms with van der Waals surface area (Å²) in [5.41, 5.74) is 13.8. The summed E-state index contributed by atoms with van der Waals surface area (Å²) >= 11 is 0. The van der Waals surface area contributed by atoms with Gasteiger partial charge in [-0.25, -0.2) is 0 Å². The summed E-state index contributed by atoms with van der Waals surface area (Å²) in [6, 6.07) is 36.4. The van der Waals surface area contributed by atoms with Gasteiger partial charge in [-0.05, 0) is 100 Å². The van der Waals surface area contributed by atoms with Crippen molar-refractivity contribution in [2.24, 2.45) is 4.99 Å². The van der Waals surface area contributed by atoms with E-state index in [1.54, 1.807) is 6.20 Å². The van der Waals surface area contributed by atoms with Gasteiger partial charge in [0.05, 0.1) is 6.54 Å². The van der Waals surface area contributed by atoms with Gasteiger partial charge in [0.25, 0.3) is 0 Å². The SMILES string of the molecule is C=Cc1cccc(-c2ccc(C/N=C\C(=C\c3ccc(-c4cccnc4)cc3)c3cccc(C(/C=C\C)=C/C)c3)cc2)c1/C=C\C. The van der Waals surface area contributed by atoms with Crippen LogP contribution in [0.5, 0.6) is 0 Å². The molecule has 0 N–H and O–H groups in total. The largest absolute Gasteiger partial charge is 0.288 e. The van der Waals surface area contributed by atoms with Gasteiger partial charge >= 0.3 is 0 Å². The standard InChI is InChI=1S/C44H40N2/c1-5-12-35(7-3)39-15-9-16-40(29-39)42(28-33-19-23-37(24-20-33)41-17-11-27-45-31-41)32-46-30-34-21-25-38(26-22-34)44-18-10-14-36(8-4)43(44)13-6-2/h5-29,31-32H,4,30H2,1-3H3/b12-5-,13-6-,35-7+,42-28-,46-32-. The number of hydrogen-bond donors (Lipinski definition) is 0. The molecule has 0 amide bonds. The van der Waals surface area contributed by atoms with Crippen LogP contribution in [-0.2, 0) is 6.54 Å². The fourth-order valence-corrected chi connectivity index (χ4v) is 5.50. The summed E-state index contributed by atoms with van der Waals surface area (Å²) in [7, 11) is 0. The number of benzene rings is 4. The van der Waals surface area contributed by atoms with Crippen molar-refractivity contribution in [3.63, 3.8) is 0 Å². The van der Waals surface area contributed by atoms with Crippen molar-refractivity contribution < 1.29 is 0 Å². The average molecular weight is 597 g/mol. The highest BCUT2D eigenvalue weighted by molar-refractivity contribution is 6.16. The maximum absolute atomic E-state index is 4.93. The molecule has 0 spiro atoms. The van der Waals surface area contributed by atoms with Crippen LogP contribution in [0.1, 0.15) is 54.2 Å². The van der Waals surface area contributed by atoms with Crippen LogP contribution in [0, 0.1) is 0 Å². The number of allylic oxidation sites excluding steroid dienone is 6. The van der Waals surface area contributed by atoms with E-state index in [2.05, 4.69) is 152 Å². The molecule has 0 aliphatic carbocycles. The average Bonchev–Trinajstić information content (AvgIpc) is 3.11. The molecule has 1 heterocycles. The lowest BCUT2D eigenvalue weighted by Gasteiger charge is -2.11. The van der Waals surface area contributed by atoms with Gasteiger partial charge in [0.1, 0.15) is 0 Å². The van der Waals surface area contributed by atoms with Crippen molar-refractivity contribution in [1.82, 2.24) is 4.98 Å². The summed E-state index contributed by atoms with van der Waals surface area (Å²) in [4.78, 5) is 9.20. The van der Waals surface area contributed by atoms with Gasteiger partial charge in [0, 0.05) is 24.2 Å². The Labute approximate surface area is 274 Å². The van der Waals surface area contributed by atoms with Gasteiger partial charge in [-0.3, -0.25) is 9.98 Å². The van der Waals surface area contributed by atoms with Crippen molar-refractivity contribution in [2.45, 2.75) is 27.3 Å². The molecular weight excluding hydrogens is 556 g/mol. The molecule has 0 bridgehead atoms. The van der Waals surface area contributed by atoms with E-state index in [1.807, 2.05) is 38.4 Å². The monoisotopic (exact) mass is 596 g/mol. The van der Waals surface area contributed by atoms with E-state index in [4.69, 9.17) is 4.99 Å². The number of hydrogen-bond acceptors (Lipinski definition) is 2. The third kappa shape index (κ3) is 7.91. The summed E-state index contributed by atoms with van der Waals surface area (Å²) in [5, 5.41) is 0. The Bertz CT molecular complexity index is 1920. The third-order valence-electron chi connectivity index (χ3n) is 7.88. The molecule has 5 rings (SSSR count). The number of nitrogens with zero attached hydrogens (tertiary/aromatic N) is 2. The minimum Gasteiger partial charge on any atom is -0.288 e. The van der Waals surface area contributed by atoms with E-state index < -0.39 is 0 Å². The Morgan fingerprint density at radius 3 is 2.15 bits per heavy atom. The van der Waals surface area contributed by atoms with Crippen molar-refractivity contribution in [3.05, 3.63) is 180 Å². The summed E-state index contributed by atoms with van der Waals surface area (Å²) in [5.74, 6) is 0. The van der Waals surface area contributed by atoms with Crippen LogP contribution in [0.3, 0.4) is 0 Å². The predicted molar refractivity (Wildman–Crippen MR) is 201 cm³/mol. The topological polar surface area (TPSA) is 25.2 Å². The number of aliphatic imine (C=N–C) groups is 1. The molecule has 0 radical (unpaired) electrons. The Hall–Kier alpha value is -5.60. The Kier molecular flexibility index (Phi) is 11.0. The second-order valence-corrected chi connectivity index (χ2v) is 11.0. The smallest absolute Gasteiger partial charge is 0.0639 e. The molecule has 0 aliphatic rings. The summed E-state index contributed by atoms with van der Waals surface area (Å²) < 4.78 is 0. The first kappa shape index (κ1) is 31.8. The molecule has 226 valence electrons. The van der Waals surface area contributed by atoms with E-state index >= 15 is 0 Å². The van der Waals surface area contributed by atoms with Crippen molar-refractivity contribution in [2.75, 3.05) is 0 Å². The van der Waals surface area contributed by atoms with Gasteiger partial charge in [0.2, 0.25) is 0 Å². The van der Waals surface area contributed by atoms with Crippen LogP contribution < -0.4 is 0 Å². The first-order chi connectivity index (χ1) is 22.6. The molecule has 4 aromatic carbocycles. The van der Waals surface area contributed by atoms with Gasteiger partial charge in [-0.15, -0.1) is 0 Å². The molecule has 46 heavy (non-hydrogen) atoms. The quantitative estimate of drug-likeness (QED) is 0.0846. The van der Waals surface area contributed by atoms with Gasteiger partial charge in [-0.1, -0.05) is 134 Å². The molecule has 2 nitrogen and oxygen atoms in total. The Morgan fingerprint density at radius 1 is 0.739 bits per heavy atom. The van der Waals surface area contributed by atoms with Crippen LogP contribution >= 0.6 is 0 Å². The second-order valence-electron chi connectivity index (χ2n) is 11.0. The maximum Gasteiger partial charge on any atom is 0.0639 e. The van der Waals surface area contributed by atoms with E-state index in [1.165, 1.54) is 27.8 Å². The van der Waals surface area contributed by atoms with Gasteiger partial charge in [-0.2, -0.15) is 0 Å².